The Balaban J connectivity index is 2.14. The first kappa shape index (κ1) is 15.2. The zero-order chi connectivity index (χ0) is 14.8. The molecule has 2 aromatic heterocycles. The molecule has 0 aromatic carbocycles. The number of nitrogen functional groups attached to an aromatic ring is 1. The summed E-state index contributed by atoms with van der Waals surface area (Å²) in [6.07, 6.45) is 1.89. The van der Waals surface area contributed by atoms with Crippen LogP contribution in [0.4, 0.5) is 5.82 Å². The lowest BCUT2D eigenvalue weighted by Crippen LogP contribution is -2.29. The maximum absolute atomic E-state index is 12.3. The number of thiophene rings is 1. The third-order valence-corrected chi connectivity index (χ3v) is 5.87. The van der Waals surface area contributed by atoms with Crippen LogP contribution in [-0.4, -0.2) is 31.3 Å². The molecular formula is C12H14ClN3O2S2. The number of aromatic nitrogens is 1. The van der Waals surface area contributed by atoms with E-state index in [0.29, 0.717) is 13.0 Å². The Morgan fingerprint density at radius 2 is 2.25 bits per heavy atom. The fourth-order valence-electron chi connectivity index (χ4n) is 1.59. The van der Waals surface area contributed by atoms with Gasteiger partial charge >= 0.3 is 0 Å². The van der Waals surface area contributed by atoms with E-state index in [1.54, 1.807) is 11.3 Å². The molecule has 0 aliphatic rings. The molecule has 2 N–H and O–H groups in total. The van der Waals surface area contributed by atoms with Gasteiger partial charge in [0.25, 0.3) is 0 Å². The van der Waals surface area contributed by atoms with E-state index in [0.717, 1.165) is 4.88 Å². The number of anilines is 1. The van der Waals surface area contributed by atoms with Crippen molar-refractivity contribution in [2.75, 3.05) is 19.3 Å². The van der Waals surface area contributed by atoms with Crippen molar-refractivity contribution in [3.05, 3.63) is 39.7 Å². The number of rotatable bonds is 5. The SMILES string of the molecule is CN(CCc1cccs1)S(=O)(=O)c1cnc(N)c(Cl)c1. The molecule has 0 aliphatic carbocycles. The molecule has 0 radical (unpaired) electrons. The van der Waals surface area contributed by atoms with E-state index < -0.39 is 10.0 Å². The predicted molar refractivity (Wildman–Crippen MR) is 81.5 cm³/mol. The van der Waals surface area contributed by atoms with Gasteiger partial charge < -0.3 is 5.73 Å². The Hall–Kier alpha value is -1.15. The highest BCUT2D eigenvalue weighted by molar-refractivity contribution is 7.89. The summed E-state index contributed by atoms with van der Waals surface area (Å²) in [4.78, 5) is 4.97. The minimum absolute atomic E-state index is 0.0466. The van der Waals surface area contributed by atoms with Crippen molar-refractivity contribution in [3.63, 3.8) is 0 Å². The van der Waals surface area contributed by atoms with Gasteiger partial charge in [-0.05, 0) is 23.9 Å². The molecule has 0 spiro atoms. The van der Waals surface area contributed by atoms with Gasteiger partial charge in [-0.3, -0.25) is 0 Å². The second-order valence-electron chi connectivity index (χ2n) is 4.19. The molecule has 8 heteroatoms. The average Bonchev–Trinajstić information content (AvgIpc) is 2.92. The Morgan fingerprint density at radius 1 is 1.50 bits per heavy atom. The van der Waals surface area contributed by atoms with Crippen LogP contribution in [0.1, 0.15) is 4.88 Å². The molecule has 0 fully saturated rings. The molecule has 0 saturated heterocycles. The van der Waals surface area contributed by atoms with Crippen LogP contribution in [0.3, 0.4) is 0 Å². The molecule has 0 saturated carbocycles. The lowest BCUT2D eigenvalue weighted by atomic mass is 10.3. The molecule has 2 rings (SSSR count). The van der Waals surface area contributed by atoms with Crippen LogP contribution in [0.5, 0.6) is 0 Å². The van der Waals surface area contributed by atoms with Crippen molar-refractivity contribution in [1.82, 2.24) is 9.29 Å². The highest BCUT2D eigenvalue weighted by atomic mass is 35.5. The standard InChI is InChI=1S/C12H14ClN3O2S2/c1-16(5-4-9-3-2-6-19-9)20(17,18)10-7-11(13)12(14)15-8-10/h2-3,6-8H,4-5H2,1H3,(H2,14,15). The number of hydrogen-bond donors (Lipinski definition) is 1. The quantitative estimate of drug-likeness (QED) is 0.911. The van der Waals surface area contributed by atoms with Crippen LogP contribution in [0.25, 0.3) is 0 Å². The average molecular weight is 332 g/mol. The zero-order valence-electron chi connectivity index (χ0n) is 10.8. The van der Waals surface area contributed by atoms with E-state index in [9.17, 15) is 8.42 Å². The first-order valence-electron chi connectivity index (χ1n) is 5.81. The third-order valence-electron chi connectivity index (χ3n) is 2.81. The number of nitrogens with two attached hydrogens (primary N) is 1. The maximum Gasteiger partial charge on any atom is 0.244 e. The summed E-state index contributed by atoms with van der Waals surface area (Å²) < 4.78 is 26.0. The first-order chi connectivity index (χ1) is 9.41. The van der Waals surface area contributed by atoms with Crippen LogP contribution in [-0.2, 0) is 16.4 Å². The third kappa shape index (κ3) is 3.29. The second-order valence-corrected chi connectivity index (χ2v) is 7.68. The molecule has 108 valence electrons. The summed E-state index contributed by atoms with van der Waals surface area (Å²) in [6, 6.07) is 5.24. The van der Waals surface area contributed by atoms with Crippen LogP contribution in [0, 0.1) is 0 Å². The smallest absolute Gasteiger partial charge is 0.244 e. The van der Waals surface area contributed by atoms with Gasteiger partial charge in [-0.2, -0.15) is 0 Å². The number of hydrogen-bond acceptors (Lipinski definition) is 5. The van der Waals surface area contributed by atoms with Gasteiger partial charge in [-0.1, -0.05) is 17.7 Å². The highest BCUT2D eigenvalue weighted by Crippen LogP contribution is 2.22. The van der Waals surface area contributed by atoms with Crippen LogP contribution in [0.15, 0.2) is 34.7 Å². The predicted octanol–water partition coefficient (Wildman–Crippen LogP) is 2.24. The molecule has 0 atom stereocenters. The van der Waals surface area contributed by atoms with Gasteiger partial charge in [0, 0.05) is 24.7 Å². The van der Waals surface area contributed by atoms with Crippen LogP contribution in [0.2, 0.25) is 5.02 Å². The number of likely N-dealkylation sites (N-methyl/N-ethyl adjacent to an activating group) is 1. The second kappa shape index (κ2) is 6.09. The van der Waals surface area contributed by atoms with E-state index in [1.807, 2.05) is 17.5 Å². The Bertz CT molecular complexity index is 687. The molecular weight excluding hydrogens is 318 g/mol. The van der Waals surface area contributed by atoms with Gasteiger partial charge in [0.15, 0.2) is 0 Å². The van der Waals surface area contributed by atoms with Gasteiger partial charge in [0.1, 0.15) is 10.7 Å². The summed E-state index contributed by atoms with van der Waals surface area (Å²) in [5.41, 5.74) is 5.48. The van der Waals surface area contributed by atoms with Crippen molar-refractivity contribution in [1.29, 1.82) is 0 Å². The molecule has 0 amide bonds. The van der Waals surface area contributed by atoms with Crippen molar-refractivity contribution in [3.8, 4) is 0 Å². The Morgan fingerprint density at radius 3 is 2.85 bits per heavy atom. The largest absolute Gasteiger partial charge is 0.382 e. The minimum Gasteiger partial charge on any atom is -0.382 e. The number of halogens is 1. The van der Waals surface area contributed by atoms with Crippen molar-refractivity contribution < 1.29 is 8.42 Å². The molecule has 5 nitrogen and oxygen atoms in total. The van der Waals surface area contributed by atoms with Crippen LogP contribution < -0.4 is 5.73 Å². The highest BCUT2D eigenvalue weighted by Gasteiger charge is 2.21. The summed E-state index contributed by atoms with van der Waals surface area (Å²) >= 11 is 7.42. The van der Waals surface area contributed by atoms with E-state index in [4.69, 9.17) is 17.3 Å². The van der Waals surface area contributed by atoms with E-state index in [-0.39, 0.29) is 15.7 Å². The monoisotopic (exact) mass is 331 g/mol. The molecule has 0 aliphatic heterocycles. The number of sulfonamides is 1. The summed E-state index contributed by atoms with van der Waals surface area (Å²) in [5, 5.41) is 2.10. The maximum atomic E-state index is 12.3. The normalized spacial score (nSPS) is 11.9. The fraction of sp³-hybridized carbons (Fsp3) is 0.250. The fourth-order valence-corrected chi connectivity index (χ4v) is 3.67. The lowest BCUT2D eigenvalue weighted by Gasteiger charge is -2.16. The van der Waals surface area contributed by atoms with Crippen molar-refractivity contribution >= 4 is 38.8 Å². The van der Waals surface area contributed by atoms with Crippen molar-refractivity contribution in [2.24, 2.45) is 0 Å². The first-order valence-corrected chi connectivity index (χ1v) is 8.51. The summed E-state index contributed by atoms with van der Waals surface area (Å²) in [7, 11) is -2.06. The molecule has 2 aromatic rings. The van der Waals surface area contributed by atoms with E-state index in [2.05, 4.69) is 4.98 Å². The number of pyridine rings is 1. The summed E-state index contributed by atoms with van der Waals surface area (Å²) in [5.74, 6) is 0.117. The van der Waals surface area contributed by atoms with Gasteiger partial charge in [-0.25, -0.2) is 17.7 Å². The topological polar surface area (TPSA) is 76.3 Å². The molecule has 0 bridgehead atoms. The summed E-state index contributed by atoms with van der Waals surface area (Å²) in [6.45, 7) is 0.394. The lowest BCUT2D eigenvalue weighted by molar-refractivity contribution is 0.473. The Kier molecular flexibility index (Phi) is 4.64. The van der Waals surface area contributed by atoms with Crippen LogP contribution >= 0.6 is 22.9 Å². The zero-order valence-corrected chi connectivity index (χ0v) is 13.2. The van der Waals surface area contributed by atoms with Gasteiger partial charge in [0.05, 0.1) is 5.02 Å². The van der Waals surface area contributed by atoms with Gasteiger partial charge in [-0.15, -0.1) is 11.3 Å². The molecule has 2 heterocycles. The number of nitrogens with zero attached hydrogens (tertiary/aromatic N) is 2. The van der Waals surface area contributed by atoms with Crippen molar-refractivity contribution in [2.45, 2.75) is 11.3 Å². The minimum atomic E-state index is -3.60. The van der Waals surface area contributed by atoms with E-state index in [1.165, 1.54) is 23.6 Å². The van der Waals surface area contributed by atoms with E-state index >= 15 is 0 Å². The Labute approximate surface area is 127 Å². The van der Waals surface area contributed by atoms with Gasteiger partial charge in [0.2, 0.25) is 10.0 Å². The molecule has 0 unspecified atom stereocenters. The molecule has 20 heavy (non-hydrogen) atoms.